The number of carbonyl (C=O) groups excluding carboxylic acids is 4. The smallest absolute Gasteiger partial charge is 0.407 e. The second-order valence-corrected chi connectivity index (χ2v) is 8.25. The van der Waals surface area contributed by atoms with Crippen molar-refractivity contribution in [2.75, 3.05) is 26.2 Å². The van der Waals surface area contributed by atoms with E-state index in [-0.39, 0.29) is 24.8 Å². The highest BCUT2D eigenvalue weighted by Gasteiger charge is 2.39. The van der Waals surface area contributed by atoms with Crippen LogP contribution in [0.5, 0.6) is 0 Å². The summed E-state index contributed by atoms with van der Waals surface area (Å²) in [4.78, 5) is 51.9. The molecule has 3 aliphatic heterocycles. The van der Waals surface area contributed by atoms with E-state index in [4.69, 9.17) is 4.74 Å². The molecule has 30 heavy (non-hydrogen) atoms. The van der Waals surface area contributed by atoms with E-state index in [2.05, 4.69) is 22.5 Å². The zero-order valence-corrected chi connectivity index (χ0v) is 17.0. The zero-order valence-electron chi connectivity index (χ0n) is 17.0. The molecule has 9 nitrogen and oxygen atoms in total. The maximum absolute atomic E-state index is 12.8. The van der Waals surface area contributed by atoms with Crippen LogP contribution in [-0.2, 0) is 27.4 Å². The normalized spacial score (nSPS) is 21.8. The monoisotopic (exact) mass is 414 g/mol. The predicted octanol–water partition coefficient (Wildman–Crippen LogP) is 0.626. The molecule has 0 spiro atoms. The highest BCUT2D eigenvalue weighted by molar-refractivity contribution is 6.05. The molecule has 4 rings (SSSR count). The van der Waals surface area contributed by atoms with Crippen molar-refractivity contribution < 1.29 is 23.9 Å². The minimum absolute atomic E-state index is 0.227. The first-order valence-corrected chi connectivity index (χ1v) is 10.3. The number of piperidine rings is 1. The van der Waals surface area contributed by atoms with Crippen LogP contribution in [0.15, 0.2) is 18.2 Å². The van der Waals surface area contributed by atoms with Crippen LogP contribution < -0.4 is 10.6 Å². The predicted molar refractivity (Wildman–Crippen MR) is 106 cm³/mol. The summed E-state index contributed by atoms with van der Waals surface area (Å²) in [6, 6.07) is 4.80. The molecule has 9 heteroatoms. The molecular weight excluding hydrogens is 388 g/mol. The Bertz CT molecular complexity index is 880. The molecule has 160 valence electrons. The molecule has 2 fully saturated rings. The summed E-state index contributed by atoms with van der Waals surface area (Å²) in [7, 11) is 0. The topological polar surface area (TPSA) is 108 Å². The number of ether oxygens (including phenoxy) is 1. The van der Waals surface area contributed by atoms with Gasteiger partial charge in [0.15, 0.2) is 0 Å². The Hall–Kier alpha value is -2.94. The van der Waals surface area contributed by atoms with Crippen LogP contribution >= 0.6 is 0 Å². The fourth-order valence-electron chi connectivity index (χ4n) is 4.22. The highest BCUT2D eigenvalue weighted by Crippen LogP contribution is 2.28. The molecule has 1 aromatic carbocycles. The molecule has 1 unspecified atom stereocenters. The number of nitrogens with zero attached hydrogens (tertiary/aromatic N) is 2. The average molecular weight is 414 g/mol. The number of nitrogens with one attached hydrogen (secondary N) is 2. The summed E-state index contributed by atoms with van der Waals surface area (Å²) in [6.07, 6.45) is 0.0755. The molecule has 0 bridgehead atoms. The molecule has 3 heterocycles. The lowest BCUT2D eigenvalue weighted by Gasteiger charge is -2.36. The lowest BCUT2D eigenvalue weighted by molar-refractivity contribution is -0.136. The lowest BCUT2D eigenvalue weighted by Crippen LogP contribution is -2.52. The van der Waals surface area contributed by atoms with E-state index in [0.717, 1.165) is 30.8 Å². The van der Waals surface area contributed by atoms with Crippen molar-refractivity contribution in [3.63, 3.8) is 0 Å². The first-order valence-electron chi connectivity index (χ1n) is 10.3. The second-order valence-electron chi connectivity index (χ2n) is 8.25. The van der Waals surface area contributed by atoms with Crippen molar-refractivity contribution in [2.24, 2.45) is 5.92 Å². The Labute approximate surface area is 174 Å². The van der Waals surface area contributed by atoms with E-state index < -0.39 is 18.0 Å². The van der Waals surface area contributed by atoms with E-state index >= 15 is 0 Å². The van der Waals surface area contributed by atoms with E-state index in [0.29, 0.717) is 31.1 Å². The summed E-state index contributed by atoms with van der Waals surface area (Å²) in [6.45, 7) is 5.96. The summed E-state index contributed by atoms with van der Waals surface area (Å²) in [5.74, 6) is -0.246. The van der Waals surface area contributed by atoms with Gasteiger partial charge in [-0.2, -0.15) is 0 Å². The van der Waals surface area contributed by atoms with Gasteiger partial charge in [-0.3, -0.25) is 24.6 Å². The number of fused-ring (bicyclic) bond motifs is 1. The number of alkyl carbamates (subject to hydrolysis) is 1. The fraction of sp³-hybridized carbons (Fsp3) is 0.524. The molecule has 3 aliphatic rings. The maximum Gasteiger partial charge on any atom is 0.407 e. The third kappa shape index (κ3) is 4.30. The lowest BCUT2D eigenvalue weighted by atomic mass is 10.0. The van der Waals surface area contributed by atoms with Gasteiger partial charge in [-0.25, -0.2) is 4.79 Å². The molecule has 2 N–H and O–H groups in total. The Morgan fingerprint density at radius 2 is 2.07 bits per heavy atom. The van der Waals surface area contributed by atoms with Crippen LogP contribution in [0.1, 0.15) is 41.3 Å². The van der Waals surface area contributed by atoms with Gasteiger partial charge in [-0.05, 0) is 29.5 Å². The van der Waals surface area contributed by atoms with Crippen LogP contribution in [-0.4, -0.2) is 65.9 Å². The first kappa shape index (κ1) is 20.3. The largest absolute Gasteiger partial charge is 0.448 e. The van der Waals surface area contributed by atoms with Gasteiger partial charge in [0.2, 0.25) is 11.8 Å². The maximum atomic E-state index is 12.8. The van der Waals surface area contributed by atoms with Crippen LogP contribution in [0, 0.1) is 5.92 Å². The van der Waals surface area contributed by atoms with Crippen molar-refractivity contribution >= 4 is 23.8 Å². The van der Waals surface area contributed by atoms with Crippen LogP contribution in [0.3, 0.4) is 0 Å². The fourth-order valence-corrected chi connectivity index (χ4v) is 4.22. The molecule has 0 aliphatic carbocycles. The number of likely N-dealkylation sites (tertiary alicyclic amines) is 1. The first-order chi connectivity index (χ1) is 14.4. The molecule has 0 aromatic heterocycles. The minimum atomic E-state index is -0.631. The standard InChI is InChI=1S/C21H26N4O5/c1-13-10-24(11-13)6-7-30-21(29)22-9-14-2-3-15-12-25(20(28)16(15)8-14)17-4-5-18(26)23-19(17)27/h2-3,8,13,17H,4-7,9-12H2,1H3,(H,22,29)(H,23,26,27). The van der Waals surface area contributed by atoms with Crippen molar-refractivity contribution in [3.05, 3.63) is 34.9 Å². The molecule has 4 amide bonds. The Kier molecular flexibility index (Phi) is 5.72. The van der Waals surface area contributed by atoms with Crippen molar-refractivity contribution in [3.8, 4) is 0 Å². The number of hydrogen-bond donors (Lipinski definition) is 2. The third-order valence-electron chi connectivity index (χ3n) is 5.81. The third-order valence-corrected chi connectivity index (χ3v) is 5.81. The van der Waals surface area contributed by atoms with Gasteiger partial charge in [0, 0.05) is 44.7 Å². The SMILES string of the molecule is CC1CN(CCOC(=O)NCc2ccc3c(c2)C(=O)N(C2CCC(=O)NC2=O)C3)C1. The Balaban J connectivity index is 1.28. The van der Waals surface area contributed by atoms with Crippen molar-refractivity contribution in [2.45, 2.75) is 38.9 Å². The number of carbonyl (C=O) groups is 4. The van der Waals surface area contributed by atoms with Crippen molar-refractivity contribution in [1.82, 2.24) is 20.4 Å². The summed E-state index contributed by atoms with van der Waals surface area (Å²) in [5, 5.41) is 5.00. The van der Waals surface area contributed by atoms with Gasteiger partial charge in [-0.1, -0.05) is 19.1 Å². The number of benzene rings is 1. The number of rotatable bonds is 6. The van der Waals surface area contributed by atoms with Crippen LogP contribution in [0.4, 0.5) is 4.79 Å². The number of imide groups is 1. The summed E-state index contributed by atoms with van der Waals surface area (Å²) >= 11 is 0. The van der Waals surface area contributed by atoms with Gasteiger partial charge in [0.25, 0.3) is 5.91 Å². The second kappa shape index (κ2) is 8.43. The van der Waals surface area contributed by atoms with E-state index in [1.54, 1.807) is 6.07 Å². The molecule has 0 saturated carbocycles. The van der Waals surface area contributed by atoms with Gasteiger partial charge in [0.1, 0.15) is 12.6 Å². The molecule has 1 aromatic rings. The van der Waals surface area contributed by atoms with Gasteiger partial charge in [0.05, 0.1) is 0 Å². The zero-order chi connectivity index (χ0) is 21.3. The highest BCUT2D eigenvalue weighted by atomic mass is 16.5. The van der Waals surface area contributed by atoms with Crippen molar-refractivity contribution in [1.29, 1.82) is 0 Å². The Morgan fingerprint density at radius 1 is 1.27 bits per heavy atom. The van der Waals surface area contributed by atoms with E-state index in [1.165, 1.54) is 4.90 Å². The quantitative estimate of drug-likeness (QED) is 0.661. The molecular formula is C21H26N4O5. The van der Waals surface area contributed by atoms with E-state index in [1.807, 2.05) is 12.1 Å². The minimum Gasteiger partial charge on any atom is -0.448 e. The molecule has 2 saturated heterocycles. The number of hydrogen-bond acceptors (Lipinski definition) is 6. The molecule has 1 atom stereocenters. The van der Waals surface area contributed by atoms with Gasteiger partial charge < -0.3 is 15.0 Å². The number of amides is 4. The summed E-state index contributed by atoms with van der Waals surface area (Å²) < 4.78 is 5.20. The molecule has 0 radical (unpaired) electrons. The van der Waals surface area contributed by atoms with Crippen LogP contribution in [0.2, 0.25) is 0 Å². The van der Waals surface area contributed by atoms with E-state index in [9.17, 15) is 19.2 Å². The average Bonchev–Trinajstić information content (AvgIpc) is 3.01. The van der Waals surface area contributed by atoms with Gasteiger partial charge >= 0.3 is 6.09 Å². The van der Waals surface area contributed by atoms with Gasteiger partial charge in [-0.15, -0.1) is 0 Å². The Morgan fingerprint density at radius 3 is 2.80 bits per heavy atom. The summed E-state index contributed by atoms with van der Waals surface area (Å²) in [5.41, 5.74) is 2.14. The van der Waals surface area contributed by atoms with Crippen LogP contribution in [0.25, 0.3) is 0 Å².